The average Bonchev–Trinajstić information content (AvgIpc) is 3.29. The number of rotatable bonds is 7. The van der Waals surface area contributed by atoms with Gasteiger partial charge in [0.1, 0.15) is 28.5 Å². The van der Waals surface area contributed by atoms with Crippen molar-refractivity contribution in [1.29, 1.82) is 5.26 Å². The molecule has 0 amide bonds. The molecule has 1 aromatic carbocycles. The van der Waals surface area contributed by atoms with Crippen LogP contribution in [0.3, 0.4) is 0 Å². The van der Waals surface area contributed by atoms with Crippen molar-refractivity contribution in [2.45, 2.75) is 25.3 Å². The first-order valence-corrected chi connectivity index (χ1v) is 15.1. The molecule has 43 heavy (non-hydrogen) atoms. The fourth-order valence-corrected chi connectivity index (χ4v) is 7.05. The number of halogens is 5. The molecule has 6 rings (SSSR count). The summed E-state index contributed by atoms with van der Waals surface area (Å²) in [7, 11) is 0. The summed E-state index contributed by atoms with van der Waals surface area (Å²) in [6.45, 7) is 9.55. The number of hydrogen-bond acceptors (Lipinski definition) is 10. The standard InChI is InChI=1S/C28H28ClF4N9S/c1-3-40(4-2)14-12-42(13-14)27-38-22-16(26(39-27)41-7-5-36-6-8-41)11-37-23(21(22)28(29,32)33)20-17(30)9-18(31)24-19(20)15(10-34)25(35)43-24/h9,11,14,36H,3-8,12-13,35H2,1-2H3. The molecule has 4 aromatic rings. The lowest BCUT2D eigenvalue weighted by molar-refractivity contribution is 0.0969. The largest absolute Gasteiger partial charge is 0.389 e. The normalized spacial score (nSPS) is 16.3. The van der Waals surface area contributed by atoms with E-state index in [1.54, 1.807) is 0 Å². The van der Waals surface area contributed by atoms with Crippen molar-refractivity contribution in [2.75, 3.05) is 67.9 Å². The lowest BCUT2D eigenvalue weighted by Gasteiger charge is -2.45. The SMILES string of the molecule is CCN(CC)C1CN(c2nc(N3CCNCC3)c3cnc(-c4c(F)cc(F)c5sc(N)c(C#N)c45)c(C(F)(F)Cl)c3n2)C1. The number of nitrogen functional groups attached to an aromatic ring is 1. The van der Waals surface area contributed by atoms with Crippen molar-refractivity contribution in [2.24, 2.45) is 0 Å². The molecular weight excluding hydrogens is 606 g/mol. The Balaban J connectivity index is 1.63. The minimum atomic E-state index is -4.07. The van der Waals surface area contributed by atoms with Crippen LogP contribution < -0.4 is 20.9 Å². The smallest absolute Gasteiger partial charge is 0.352 e. The Morgan fingerprint density at radius 1 is 1.16 bits per heavy atom. The summed E-state index contributed by atoms with van der Waals surface area (Å²) >= 11 is 6.49. The minimum absolute atomic E-state index is 0.0747. The number of fused-ring (bicyclic) bond motifs is 2. The van der Waals surface area contributed by atoms with Crippen LogP contribution in [0.5, 0.6) is 0 Å². The maximum absolute atomic E-state index is 15.6. The van der Waals surface area contributed by atoms with Gasteiger partial charge >= 0.3 is 5.38 Å². The quantitative estimate of drug-likeness (QED) is 0.218. The zero-order valence-corrected chi connectivity index (χ0v) is 25.0. The van der Waals surface area contributed by atoms with Crippen LogP contribution in [0, 0.1) is 23.0 Å². The van der Waals surface area contributed by atoms with Crippen LogP contribution in [0.2, 0.25) is 0 Å². The molecule has 0 aliphatic carbocycles. The van der Waals surface area contributed by atoms with E-state index in [9.17, 15) is 9.65 Å². The van der Waals surface area contributed by atoms with Crippen LogP contribution in [0.4, 0.5) is 34.3 Å². The third-order valence-electron chi connectivity index (χ3n) is 8.13. The fourth-order valence-electron chi connectivity index (χ4n) is 5.93. The van der Waals surface area contributed by atoms with Crippen LogP contribution >= 0.6 is 22.9 Å². The molecule has 2 saturated heterocycles. The number of nitrogens with zero attached hydrogens (tertiary/aromatic N) is 7. The Morgan fingerprint density at radius 2 is 1.86 bits per heavy atom. The molecule has 2 fully saturated rings. The van der Waals surface area contributed by atoms with Gasteiger partial charge in [-0.1, -0.05) is 13.8 Å². The number of nitrogens with two attached hydrogens (primary N) is 1. The maximum atomic E-state index is 15.6. The van der Waals surface area contributed by atoms with E-state index in [0.29, 0.717) is 51.2 Å². The van der Waals surface area contributed by atoms with Gasteiger partial charge < -0.3 is 20.9 Å². The average molecular weight is 634 g/mol. The molecule has 9 nitrogen and oxygen atoms in total. The zero-order valence-electron chi connectivity index (χ0n) is 23.4. The highest BCUT2D eigenvalue weighted by atomic mass is 35.5. The van der Waals surface area contributed by atoms with E-state index >= 15 is 13.2 Å². The van der Waals surface area contributed by atoms with E-state index in [1.165, 1.54) is 6.20 Å². The lowest BCUT2D eigenvalue weighted by atomic mass is 9.97. The summed E-state index contributed by atoms with van der Waals surface area (Å²) in [5.74, 6) is -1.50. The molecule has 3 aromatic heterocycles. The van der Waals surface area contributed by atoms with Gasteiger partial charge in [-0.25, -0.2) is 13.8 Å². The van der Waals surface area contributed by atoms with Crippen molar-refractivity contribution in [1.82, 2.24) is 25.2 Å². The number of thiophene rings is 1. The van der Waals surface area contributed by atoms with E-state index in [0.717, 1.165) is 24.4 Å². The van der Waals surface area contributed by atoms with E-state index in [-0.39, 0.29) is 43.5 Å². The number of likely N-dealkylation sites (N-methyl/N-ethyl adjacent to an activating group) is 1. The van der Waals surface area contributed by atoms with E-state index in [1.807, 2.05) is 15.9 Å². The number of piperazine rings is 1. The van der Waals surface area contributed by atoms with E-state index in [4.69, 9.17) is 22.3 Å². The van der Waals surface area contributed by atoms with Gasteiger partial charge in [-0.05, 0) is 24.7 Å². The second-order valence-electron chi connectivity index (χ2n) is 10.5. The number of aromatic nitrogens is 3. The summed E-state index contributed by atoms with van der Waals surface area (Å²) < 4.78 is 61.3. The zero-order chi connectivity index (χ0) is 30.6. The molecule has 2 aliphatic heterocycles. The summed E-state index contributed by atoms with van der Waals surface area (Å²) in [6, 6.07) is 2.68. The summed E-state index contributed by atoms with van der Waals surface area (Å²) in [5, 5.41) is 8.86. The summed E-state index contributed by atoms with van der Waals surface area (Å²) in [6.07, 6.45) is 1.31. The molecule has 0 spiro atoms. The lowest BCUT2D eigenvalue weighted by Crippen LogP contribution is -2.60. The number of nitriles is 1. The molecule has 0 saturated carbocycles. The van der Waals surface area contributed by atoms with Gasteiger partial charge in [-0.3, -0.25) is 9.88 Å². The summed E-state index contributed by atoms with van der Waals surface area (Å²) in [4.78, 5) is 19.9. The van der Waals surface area contributed by atoms with Gasteiger partial charge in [0.25, 0.3) is 0 Å². The van der Waals surface area contributed by atoms with Crippen LogP contribution in [0.25, 0.3) is 32.2 Å². The van der Waals surface area contributed by atoms with Crippen molar-refractivity contribution in [3.05, 3.63) is 35.0 Å². The van der Waals surface area contributed by atoms with Crippen molar-refractivity contribution < 1.29 is 17.6 Å². The fraction of sp³-hybridized carbons (Fsp3) is 0.429. The topological polar surface area (TPSA) is 110 Å². The third-order valence-corrected chi connectivity index (χ3v) is 9.34. The highest BCUT2D eigenvalue weighted by molar-refractivity contribution is 7.23. The van der Waals surface area contributed by atoms with Gasteiger partial charge in [0.2, 0.25) is 5.95 Å². The maximum Gasteiger partial charge on any atom is 0.352 e. The molecule has 226 valence electrons. The van der Waals surface area contributed by atoms with Gasteiger partial charge in [0.15, 0.2) is 0 Å². The molecule has 0 bridgehead atoms. The van der Waals surface area contributed by atoms with Gasteiger partial charge in [-0.2, -0.15) is 19.0 Å². The number of hydrogen-bond donors (Lipinski definition) is 2. The second kappa shape index (κ2) is 11.2. The third kappa shape index (κ3) is 4.98. The van der Waals surface area contributed by atoms with Crippen molar-refractivity contribution >= 4 is 60.7 Å². The molecule has 0 unspecified atom stereocenters. The Bertz CT molecular complexity index is 1750. The van der Waals surface area contributed by atoms with Crippen molar-refractivity contribution in [3.8, 4) is 17.3 Å². The predicted octanol–water partition coefficient (Wildman–Crippen LogP) is 4.87. The Hall–Kier alpha value is -3.51. The number of anilines is 3. The Kier molecular flexibility index (Phi) is 7.70. The number of nitrogens with one attached hydrogen (secondary N) is 1. The first kappa shape index (κ1) is 29.6. The second-order valence-corrected chi connectivity index (χ2v) is 12.0. The molecule has 15 heteroatoms. The number of alkyl halides is 3. The minimum Gasteiger partial charge on any atom is -0.389 e. The molecule has 3 N–H and O–H groups in total. The summed E-state index contributed by atoms with van der Waals surface area (Å²) in [5.41, 5.74) is 3.62. The highest BCUT2D eigenvalue weighted by Gasteiger charge is 2.40. The molecule has 2 aliphatic rings. The van der Waals surface area contributed by atoms with Gasteiger partial charge in [0.05, 0.1) is 32.4 Å². The van der Waals surface area contributed by atoms with Crippen LogP contribution in [-0.4, -0.2) is 78.3 Å². The van der Waals surface area contributed by atoms with E-state index < -0.39 is 33.8 Å². The van der Waals surface area contributed by atoms with Crippen molar-refractivity contribution in [3.63, 3.8) is 0 Å². The van der Waals surface area contributed by atoms with Crippen LogP contribution in [0.1, 0.15) is 25.0 Å². The van der Waals surface area contributed by atoms with Gasteiger partial charge in [-0.15, -0.1) is 11.3 Å². The van der Waals surface area contributed by atoms with E-state index in [2.05, 4.69) is 34.0 Å². The molecule has 5 heterocycles. The molecule has 0 radical (unpaired) electrons. The monoisotopic (exact) mass is 633 g/mol. The number of pyridine rings is 1. The first-order valence-electron chi connectivity index (χ1n) is 13.9. The first-order chi connectivity index (χ1) is 20.6. The number of benzene rings is 1. The van der Waals surface area contributed by atoms with Gasteiger partial charge in [0, 0.05) is 68.5 Å². The molecule has 0 atom stereocenters. The Labute approximate surface area is 253 Å². The molecular formula is C28H28ClF4N9S. The highest BCUT2D eigenvalue weighted by Crippen LogP contribution is 2.48. The van der Waals surface area contributed by atoms with Crippen LogP contribution in [-0.2, 0) is 5.38 Å². The Morgan fingerprint density at radius 3 is 2.49 bits per heavy atom. The van der Waals surface area contributed by atoms with Crippen LogP contribution in [0.15, 0.2) is 12.3 Å². The predicted molar refractivity (Wildman–Crippen MR) is 161 cm³/mol.